The highest BCUT2D eigenvalue weighted by molar-refractivity contribution is 7.89. The molecule has 1 aliphatic heterocycles. The monoisotopic (exact) mass is 336 g/mol. The van der Waals surface area contributed by atoms with Gasteiger partial charge in [-0.05, 0) is 37.5 Å². The molecule has 0 saturated carbocycles. The van der Waals surface area contributed by atoms with E-state index in [0.29, 0.717) is 18.1 Å². The van der Waals surface area contributed by atoms with Crippen LogP contribution in [0.2, 0.25) is 0 Å². The summed E-state index contributed by atoms with van der Waals surface area (Å²) in [6.45, 7) is 2.33. The molecule has 124 valence electrons. The normalized spacial score (nSPS) is 19.7. The molecule has 1 fully saturated rings. The van der Waals surface area contributed by atoms with Crippen molar-refractivity contribution < 1.29 is 13.2 Å². The van der Waals surface area contributed by atoms with Gasteiger partial charge >= 0.3 is 0 Å². The summed E-state index contributed by atoms with van der Waals surface area (Å²) < 4.78 is 33.2. The first-order chi connectivity index (χ1) is 11.0. The van der Waals surface area contributed by atoms with Crippen molar-refractivity contribution in [3.8, 4) is 5.75 Å². The van der Waals surface area contributed by atoms with Crippen molar-refractivity contribution in [1.82, 2.24) is 19.5 Å². The summed E-state index contributed by atoms with van der Waals surface area (Å²) in [4.78, 5) is 4.35. The average molecular weight is 336 g/mol. The van der Waals surface area contributed by atoms with E-state index in [1.807, 2.05) is 13.0 Å². The lowest BCUT2D eigenvalue weighted by atomic mass is 10.0. The molecule has 1 aromatic heterocycles. The standard InChI is InChI=1S/C15H20N4O3S/c1-11-6-7-13(22-2)14(9-11)23(20,21)19-8-4-3-5-12(19)15-16-10-17-18-15/h6-7,9-10,12H,3-5,8H2,1-2H3,(H,16,17,18)/t12-/m1/s1. The van der Waals surface area contributed by atoms with Crippen molar-refractivity contribution in [2.45, 2.75) is 37.1 Å². The summed E-state index contributed by atoms with van der Waals surface area (Å²) in [6, 6.07) is 4.86. The molecule has 1 aromatic carbocycles. The Labute approximate surface area is 135 Å². The number of methoxy groups -OCH3 is 1. The molecule has 1 N–H and O–H groups in total. The minimum atomic E-state index is -3.68. The lowest BCUT2D eigenvalue weighted by Crippen LogP contribution is -2.39. The van der Waals surface area contributed by atoms with E-state index in [0.717, 1.165) is 24.8 Å². The molecule has 0 unspecified atom stereocenters. The molecule has 0 aliphatic carbocycles. The number of sulfonamides is 1. The van der Waals surface area contributed by atoms with Crippen LogP contribution in [-0.4, -0.2) is 41.6 Å². The van der Waals surface area contributed by atoms with Crippen LogP contribution in [0.3, 0.4) is 0 Å². The molecule has 0 radical (unpaired) electrons. The van der Waals surface area contributed by atoms with E-state index in [1.54, 1.807) is 12.1 Å². The van der Waals surface area contributed by atoms with Crippen molar-refractivity contribution in [3.05, 3.63) is 35.9 Å². The minimum absolute atomic E-state index is 0.200. The van der Waals surface area contributed by atoms with Crippen molar-refractivity contribution in [3.63, 3.8) is 0 Å². The van der Waals surface area contributed by atoms with Crippen molar-refractivity contribution >= 4 is 10.0 Å². The first-order valence-corrected chi connectivity index (χ1v) is 9.00. The predicted molar refractivity (Wildman–Crippen MR) is 84.6 cm³/mol. The number of piperidine rings is 1. The lowest BCUT2D eigenvalue weighted by Gasteiger charge is -2.33. The number of aromatic nitrogens is 3. The maximum atomic E-state index is 13.2. The maximum absolute atomic E-state index is 13.2. The highest BCUT2D eigenvalue weighted by Crippen LogP contribution is 2.36. The van der Waals surface area contributed by atoms with Crippen molar-refractivity contribution in [2.75, 3.05) is 13.7 Å². The molecule has 0 spiro atoms. The van der Waals surface area contributed by atoms with Gasteiger partial charge in [-0.3, -0.25) is 5.10 Å². The Bertz CT molecular complexity index is 774. The molecule has 2 aromatic rings. The molecule has 0 bridgehead atoms. The second-order valence-electron chi connectivity index (χ2n) is 5.65. The van der Waals surface area contributed by atoms with Crippen LogP contribution in [0.5, 0.6) is 5.75 Å². The van der Waals surface area contributed by atoms with Crippen LogP contribution in [0.15, 0.2) is 29.4 Å². The number of hydrogen-bond acceptors (Lipinski definition) is 5. The smallest absolute Gasteiger partial charge is 0.247 e. The van der Waals surface area contributed by atoms with Gasteiger partial charge in [-0.1, -0.05) is 12.5 Å². The van der Waals surface area contributed by atoms with Gasteiger partial charge < -0.3 is 4.74 Å². The summed E-state index contributed by atoms with van der Waals surface area (Å²) in [6.07, 6.45) is 3.92. The van der Waals surface area contributed by atoms with Crippen LogP contribution in [0, 0.1) is 6.92 Å². The molecule has 7 nitrogen and oxygen atoms in total. The quantitative estimate of drug-likeness (QED) is 0.923. The van der Waals surface area contributed by atoms with Crippen molar-refractivity contribution in [1.29, 1.82) is 0 Å². The van der Waals surface area contributed by atoms with Crippen LogP contribution in [-0.2, 0) is 10.0 Å². The van der Waals surface area contributed by atoms with E-state index in [2.05, 4.69) is 15.2 Å². The summed E-state index contributed by atoms with van der Waals surface area (Å²) >= 11 is 0. The number of aryl methyl sites for hydroxylation is 1. The number of rotatable bonds is 4. The summed E-state index contributed by atoms with van der Waals surface area (Å²) in [5.74, 6) is 0.942. The molecule has 1 aliphatic rings. The van der Waals surface area contributed by atoms with Gasteiger partial charge in [0.15, 0.2) is 0 Å². The summed E-state index contributed by atoms with van der Waals surface area (Å²) in [5, 5.41) is 6.65. The Balaban J connectivity index is 2.05. The third-order valence-electron chi connectivity index (χ3n) is 4.11. The second kappa shape index (κ2) is 6.29. The minimum Gasteiger partial charge on any atom is -0.495 e. The second-order valence-corrected chi connectivity index (χ2v) is 7.51. The highest BCUT2D eigenvalue weighted by Gasteiger charge is 2.37. The average Bonchev–Trinajstić information content (AvgIpc) is 3.09. The molecule has 0 amide bonds. The lowest BCUT2D eigenvalue weighted by molar-refractivity contribution is 0.246. The van der Waals surface area contributed by atoms with Gasteiger partial charge in [-0.15, -0.1) is 0 Å². The third kappa shape index (κ3) is 2.96. The van der Waals surface area contributed by atoms with Gasteiger partial charge in [-0.2, -0.15) is 9.40 Å². The number of aromatic amines is 1. The number of nitrogens with one attached hydrogen (secondary N) is 1. The number of H-pyrrole nitrogens is 1. The van der Waals surface area contributed by atoms with Gasteiger partial charge in [-0.25, -0.2) is 13.4 Å². The molecular formula is C15H20N4O3S. The Morgan fingerprint density at radius 2 is 2.17 bits per heavy atom. The van der Waals surface area contributed by atoms with E-state index < -0.39 is 10.0 Å². The maximum Gasteiger partial charge on any atom is 0.247 e. The Kier molecular flexibility index (Phi) is 4.36. The number of benzene rings is 1. The Hall–Kier alpha value is -1.93. The Morgan fingerprint density at radius 3 is 2.87 bits per heavy atom. The zero-order chi connectivity index (χ0) is 16.4. The molecule has 2 heterocycles. The van der Waals surface area contributed by atoms with E-state index in [1.165, 1.54) is 17.7 Å². The fourth-order valence-corrected chi connectivity index (χ4v) is 4.86. The van der Waals surface area contributed by atoms with E-state index >= 15 is 0 Å². The molecular weight excluding hydrogens is 316 g/mol. The molecule has 8 heteroatoms. The molecule has 3 rings (SSSR count). The van der Waals surface area contributed by atoms with E-state index in [9.17, 15) is 8.42 Å². The van der Waals surface area contributed by atoms with Gasteiger partial charge in [0.2, 0.25) is 10.0 Å². The third-order valence-corrected chi connectivity index (χ3v) is 6.04. The van der Waals surface area contributed by atoms with Crippen LogP contribution < -0.4 is 4.74 Å². The van der Waals surface area contributed by atoms with Gasteiger partial charge in [0.25, 0.3) is 0 Å². The SMILES string of the molecule is COc1ccc(C)cc1S(=O)(=O)N1CCCC[C@@H]1c1ncn[nH]1. The van der Waals surface area contributed by atoms with Crippen LogP contribution in [0.1, 0.15) is 36.7 Å². The topological polar surface area (TPSA) is 88.2 Å². The largest absolute Gasteiger partial charge is 0.495 e. The Morgan fingerprint density at radius 1 is 1.35 bits per heavy atom. The van der Waals surface area contributed by atoms with Crippen LogP contribution >= 0.6 is 0 Å². The first kappa shape index (κ1) is 15.9. The molecule has 1 atom stereocenters. The highest BCUT2D eigenvalue weighted by atomic mass is 32.2. The van der Waals surface area contributed by atoms with Gasteiger partial charge in [0.1, 0.15) is 22.8 Å². The number of ether oxygens (including phenoxy) is 1. The van der Waals surface area contributed by atoms with Gasteiger partial charge in [0, 0.05) is 6.54 Å². The first-order valence-electron chi connectivity index (χ1n) is 7.56. The van der Waals surface area contributed by atoms with Crippen molar-refractivity contribution in [2.24, 2.45) is 0 Å². The zero-order valence-electron chi connectivity index (χ0n) is 13.2. The van der Waals surface area contributed by atoms with E-state index in [4.69, 9.17) is 4.74 Å². The summed E-state index contributed by atoms with van der Waals surface area (Å²) in [7, 11) is -2.20. The fourth-order valence-electron chi connectivity index (χ4n) is 2.95. The summed E-state index contributed by atoms with van der Waals surface area (Å²) in [5.41, 5.74) is 0.873. The number of nitrogens with zero attached hydrogens (tertiary/aromatic N) is 3. The van der Waals surface area contributed by atoms with Gasteiger partial charge in [0.05, 0.1) is 13.2 Å². The van der Waals surface area contributed by atoms with Crippen LogP contribution in [0.25, 0.3) is 0 Å². The zero-order valence-corrected chi connectivity index (χ0v) is 14.0. The molecule has 1 saturated heterocycles. The predicted octanol–water partition coefficient (Wildman–Crippen LogP) is 2.04. The number of hydrogen-bond donors (Lipinski definition) is 1. The van der Waals surface area contributed by atoms with Crippen LogP contribution in [0.4, 0.5) is 0 Å². The van der Waals surface area contributed by atoms with E-state index in [-0.39, 0.29) is 10.9 Å². The molecule has 23 heavy (non-hydrogen) atoms. The fraction of sp³-hybridized carbons (Fsp3) is 0.467.